The third-order valence-electron chi connectivity index (χ3n) is 2.86. The highest BCUT2D eigenvalue weighted by Crippen LogP contribution is 2.34. The van der Waals surface area contributed by atoms with Gasteiger partial charge < -0.3 is 20.5 Å². The van der Waals surface area contributed by atoms with Gasteiger partial charge in [0.1, 0.15) is 0 Å². The lowest BCUT2D eigenvalue weighted by molar-refractivity contribution is -0.125. The second kappa shape index (κ2) is 4.49. The lowest BCUT2D eigenvalue weighted by Gasteiger charge is -2.18. The molecule has 98 valence electrons. The van der Waals surface area contributed by atoms with E-state index in [1.807, 2.05) is 19.1 Å². The molecule has 18 heavy (non-hydrogen) atoms. The summed E-state index contributed by atoms with van der Waals surface area (Å²) in [4.78, 5) is 11.7. The first-order valence-corrected chi connectivity index (χ1v) is 5.84. The molecule has 5 nitrogen and oxygen atoms in total. The number of fused-ring (bicyclic) bond motifs is 1. The number of nitrogens with two attached hydrogens (primary N) is 1. The van der Waals surface area contributed by atoms with Gasteiger partial charge in [0.15, 0.2) is 11.5 Å². The van der Waals surface area contributed by atoms with Crippen LogP contribution in [0.3, 0.4) is 0 Å². The Hall–Kier alpha value is -1.75. The molecule has 0 fully saturated rings. The molecule has 1 aromatic rings. The Balaban J connectivity index is 2.09. The van der Waals surface area contributed by atoms with Crippen LogP contribution in [-0.2, 0) is 11.3 Å². The molecule has 0 spiro atoms. The number of carbonyl (C=O) groups is 1. The van der Waals surface area contributed by atoms with E-state index in [0.29, 0.717) is 6.54 Å². The summed E-state index contributed by atoms with van der Waals surface area (Å²) in [5.41, 5.74) is 6.89. The van der Waals surface area contributed by atoms with E-state index >= 15 is 0 Å². The summed E-state index contributed by atoms with van der Waals surface area (Å²) in [6.07, 6.45) is 0. The number of amides is 1. The Kier molecular flexibility index (Phi) is 3.17. The van der Waals surface area contributed by atoms with Gasteiger partial charge in [-0.2, -0.15) is 0 Å². The van der Waals surface area contributed by atoms with Crippen molar-refractivity contribution in [2.24, 2.45) is 5.73 Å². The van der Waals surface area contributed by atoms with Gasteiger partial charge in [0.2, 0.25) is 12.7 Å². The van der Waals surface area contributed by atoms with Crippen LogP contribution < -0.4 is 20.5 Å². The average molecular weight is 250 g/mol. The first-order valence-electron chi connectivity index (χ1n) is 5.84. The fraction of sp³-hybridized carbons (Fsp3) is 0.462. The normalized spacial score (nSPS) is 13.6. The maximum absolute atomic E-state index is 11.7. The van der Waals surface area contributed by atoms with Gasteiger partial charge in [-0.15, -0.1) is 0 Å². The number of nitrogens with one attached hydrogen (secondary N) is 1. The molecule has 1 aliphatic rings. The minimum absolute atomic E-state index is 0.181. The zero-order valence-corrected chi connectivity index (χ0v) is 10.9. The smallest absolute Gasteiger partial charge is 0.239 e. The van der Waals surface area contributed by atoms with Crippen molar-refractivity contribution >= 4 is 5.91 Å². The first-order chi connectivity index (χ1) is 8.38. The van der Waals surface area contributed by atoms with E-state index in [9.17, 15) is 4.79 Å². The number of hydrogen-bond donors (Lipinski definition) is 2. The van der Waals surface area contributed by atoms with Crippen molar-refractivity contribution < 1.29 is 14.3 Å². The molecule has 0 saturated carbocycles. The molecular weight excluding hydrogens is 232 g/mol. The topological polar surface area (TPSA) is 73.6 Å². The van der Waals surface area contributed by atoms with Crippen molar-refractivity contribution in [2.45, 2.75) is 32.9 Å². The SMILES string of the molecule is Cc1cc2c(cc1CNC(=O)C(C)(C)N)OCO2. The van der Waals surface area contributed by atoms with Crippen molar-refractivity contribution in [3.05, 3.63) is 23.3 Å². The molecule has 5 heteroatoms. The van der Waals surface area contributed by atoms with Crippen LogP contribution in [0, 0.1) is 6.92 Å². The van der Waals surface area contributed by atoms with E-state index in [1.165, 1.54) is 0 Å². The van der Waals surface area contributed by atoms with Gasteiger partial charge in [-0.05, 0) is 44.0 Å². The van der Waals surface area contributed by atoms with Crippen molar-refractivity contribution in [3.63, 3.8) is 0 Å². The summed E-state index contributed by atoms with van der Waals surface area (Å²) in [7, 11) is 0. The second-order valence-corrected chi connectivity index (χ2v) is 5.04. The zero-order valence-electron chi connectivity index (χ0n) is 10.9. The molecule has 0 bridgehead atoms. The van der Waals surface area contributed by atoms with Crippen molar-refractivity contribution in [2.75, 3.05) is 6.79 Å². The maximum atomic E-state index is 11.7. The third-order valence-corrected chi connectivity index (χ3v) is 2.86. The van der Waals surface area contributed by atoms with Crippen LogP contribution in [0.1, 0.15) is 25.0 Å². The summed E-state index contributed by atoms with van der Waals surface area (Å²) >= 11 is 0. The van der Waals surface area contributed by atoms with Crippen LogP contribution in [0.25, 0.3) is 0 Å². The van der Waals surface area contributed by atoms with Crippen LogP contribution in [0.5, 0.6) is 11.5 Å². The van der Waals surface area contributed by atoms with Gasteiger partial charge in [0, 0.05) is 6.54 Å². The molecule has 0 aliphatic carbocycles. The molecule has 1 aromatic carbocycles. The highest BCUT2D eigenvalue weighted by Gasteiger charge is 2.22. The summed E-state index contributed by atoms with van der Waals surface area (Å²) in [5, 5.41) is 2.81. The molecule has 0 radical (unpaired) electrons. The Morgan fingerprint density at radius 2 is 2.00 bits per heavy atom. The molecule has 0 unspecified atom stereocenters. The lowest BCUT2D eigenvalue weighted by atomic mass is 10.0. The molecule has 1 heterocycles. The fourth-order valence-electron chi connectivity index (χ4n) is 1.68. The van der Waals surface area contributed by atoms with E-state index in [0.717, 1.165) is 22.6 Å². The van der Waals surface area contributed by atoms with Crippen LogP contribution in [-0.4, -0.2) is 18.2 Å². The van der Waals surface area contributed by atoms with Gasteiger partial charge in [0.25, 0.3) is 0 Å². The quantitative estimate of drug-likeness (QED) is 0.841. The molecule has 0 aromatic heterocycles. The molecule has 1 aliphatic heterocycles. The summed E-state index contributed by atoms with van der Waals surface area (Å²) in [6.45, 7) is 6.00. The van der Waals surface area contributed by atoms with E-state index in [4.69, 9.17) is 15.2 Å². The van der Waals surface area contributed by atoms with Gasteiger partial charge >= 0.3 is 0 Å². The van der Waals surface area contributed by atoms with Crippen LogP contribution in [0.4, 0.5) is 0 Å². The number of benzene rings is 1. The maximum Gasteiger partial charge on any atom is 0.239 e. The predicted molar refractivity (Wildman–Crippen MR) is 67.4 cm³/mol. The van der Waals surface area contributed by atoms with E-state index in [-0.39, 0.29) is 12.7 Å². The van der Waals surface area contributed by atoms with Gasteiger partial charge in [-0.3, -0.25) is 4.79 Å². The standard InChI is InChI=1S/C13H18N2O3/c1-8-4-10-11(18-7-17-10)5-9(8)6-15-12(16)13(2,3)14/h4-5H,6-7,14H2,1-3H3,(H,15,16). The molecule has 1 amide bonds. The minimum atomic E-state index is -0.871. The molecular formula is C13H18N2O3. The fourth-order valence-corrected chi connectivity index (χ4v) is 1.68. The summed E-state index contributed by atoms with van der Waals surface area (Å²) in [6, 6.07) is 3.80. The van der Waals surface area contributed by atoms with Crippen LogP contribution in [0.15, 0.2) is 12.1 Å². The van der Waals surface area contributed by atoms with Crippen molar-refractivity contribution in [1.29, 1.82) is 0 Å². The third kappa shape index (κ3) is 2.56. The van der Waals surface area contributed by atoms with Crippen molar-refractivity contribution in [3.8, 4) is 11.5 Å². The number of carbonyl (C=O) groups excluding carboxylic acids is 1. The highest BCUT2D eigenvalue weighted by molar-refractivity contribution is 5.85. The Bertz CT molecular complexity index is 478. The Morgan fingerprint density at radius 1 is 1.39 bits per heavy atom. The number of ether oxygens (including phenoxy) is 2. The minimum Gasteiger partial charge on any atom is -0.454 e. The average Bonchev–Trinajstić information content (AvgIpc) is 2.70. The van der Waals surface area contributed by atoms with Gasteiger partial charge in [-0.25, -0.2) is 0 Å². The van der Waals surface area contributed by atoms with Crippen LogP contribution >= 0.6 is 0 Å². The Labute approximate surface area is 106 Å². The largest absolute Gasteiger partial charge is 0.454 e. The summed E-state index contributed by atoms with van der Waals surface area (Å²) in [5.74, 6) is 1.29. The van der Waals surface area contributed by atoms with E-state index in [2.05, 4.69) is 5.32 Å². The van der Waals surface area contributed by atoms with E-state index in [1.54, 1.807) is 13.8 Å². The van der Waals surface area contributed by atoms with Crippen molar-refractivity contribution in [1.82, 2.24) is 5.32 Å². The lowest BCUT2D eigenvalue weighted by Crippen LogP contribution is -2.48. The Morgan fingerprint density at radius 3 is 2.61 bits per heavy atom. The van der Waals surface area contributed by atoms with Crippen LogP contribution in [0.2, 0.25) is 0 Å². The first kappa shape index (κ1) is 12.7. The second-order valence-electron chi connectivity index (χ2n) is 5.04. The highest BCUT2D eigenvalue weighted by atomic mass is 16.7. The predicted octanol–water partition coefficient (Wildman–Crippen LogP) is 1.08. The summed E-state index contributed by atoms with van der Waals surface area (Å²) < 4.78 is 10.6. The van der Waals surface area contributed by atoms with Gasteiger partial charge in [-0.1, -0.05) is 0 Å². The molecule has 0 atom stereocenters. The number of hydrogen-bond acceptors (Lipinski definition) is 4. The van der Waals surface area contributed by atoms with Gasteiger partial charge in [0.05, 0.1) is 5.54 Å². The monoisotopic (exact) mass is 250 g/mol. The number of aryl methyl sites for hydroxylation is 1. The number of rotatable bonds is 3. The molecule has 2 rings (SSSR count). The molecule has 0 saturated heterocycles. The van der Waals surface area contributed by atoms with E-state index < -0.39 is 5.54 Å². The molecule has 3 N–H and O–H groups in total. The zero-order chi connectivity index (χ0) is 13.3.